The average molecular weight is 475 g/mol. The lowest BCUT2D eigenvalue weighted by atomic mass is 10.1. The number of rotatable bonds is 2. The van der Waals surface area contributed by atoms with Crippen LogP contribution in [-0.2, 0) is 6.54 Å². The molecule has 3 rings (SSSR count). The number of aryl methyl sites for hydroxylation is 1. The maximum Gasteiger partial charge on any atom is 0.132 e. The zero-order valence-corrected chi connectivity index (χ0v) is 14.6. The van der Waals surface area contributed by atoms with E-state index in [4.69, 9.17) is 0 Å². The Labute approximate surface area is 138 Å². The van der Waals surface area contributed by atoms with E-state index < -0.39 is 0 Å². The van der Waals surface area contributed by atoms with E-state index in [-0.39, 0.29) is 0 Å². The molecule has 0 fully saturated rings. The van der Waals surface area contributed by atoms with Crippen LogP contribution in [0, 0.1) is 14.3 Å². The highest BCUT2D eigenvalue weighted by molar-refractivity contribution is 14.1. The van der Waals surface area contributed by atoms with E-state index in [0.29, 0.717) is 0 Å². The normalized spacial score (nSPS) is 11.1. The summed E-state index contributed by atoms with van der Waals surface area (Å²) in [6.07, 6.45) is 1.90. The second-order valence-corrected chi connectivity index (χ2v) is 6.44. The fourth-order valence-electron chi connectivity index (χ4n) is 2.16. The lowest BCUT2D eigenvalue weighted by molar-refractivity contribution is 0.780. The number of pyridine rings is 1. The van der Waals surface area contributed by atoms with Gasteiger partial charge in [-0.05, 0) is 69.8 Å². The minimum Gasteiger partial charge on any atom is -0.321 e. The lowest BCUT2D eigenvalue weighted by Gasteiger charge is -2.09. The van der Waals surface area contributed by atoms with Crippen molar-refractivity contribution in [3.05, 3.63) is 55.3 Å². The van der Waals surface area contributed by atoms with Gasteiger partial charge >= 0.3 is 0 Å². The fourth-order valence-corrected chi connectivity index (χ4v) is 3.03. The van der Waals surface area contributed by atoms with Gasteiger partial charge in [-0.3, -0.25) is 4.98 Å². The molecule has 5 heteroatoms. The van der Waals surface area contributed by atoms with Gasteiger partial charge in [-0.2, -0.15) is 0 Å². The summed E-state index contributed by atoms with van der Waals surface area (Å²) in [6, 6.07) is 10.4. The van der Waals surface area contributed by atoms with Gasteiger partial charge in [0, 0.05) is 11.1 Å². The second kappa shape index (κ2) is 5.35. The van der Waals surface area contributed by atoms with E-state index in [2.05, 4.69) is 84.0 Å². The molecule has 0 saturated carbocycles. The molecule has 96 valence electrons. The summed E-state index contributed by atoms with van der Waals surface area (Å²) in [5.74, 6) is 0. The lowest BCUT2D eigenvalue weighted by Crippen LogP contribution is -2.02. The quantitative estimate of drug-likeness (QED) is 0.526. The highest BCUT2D eigenvalue weighted by atomic mass is 127. The molecular formula is C14H11I2N3. The van der Waals surface area contributed by atoms with Crippen LogP contribution in [0.5, 0.6) is 0 Å². The Balaban J connectivity index is 2.12. The number of benzene rings is 1. The number of aromatic nitrogens is 3. The van der Waals surface area contributed by atoms with Gasteiger partial charge in [0.15, 0.2) is 0 Å². The minimum atomic E-state index is 0.831. The molecule has 0 bridgehead atoms. The molecule has 3 nitrogen and oxygen atoms in total. The van der Waals surface area contributed by atoms with Gasteiger partial charge < -0.3 is 4.57 Å². The van der Waals surface area contributed by atoms with Crippen molar-refractivity contribution in [3.63, 3.8) is 0 Å². The Morgan fingerprint density at radius 2 is 2.00 bits per heavy atom. The first kappa shape index (κ1) is 13.3. The molecule has 19 heavy (non-hydrogen) atoms. The molecule has 1 aromatic carbocycles. The average Bonchev–Trinajstić information content (AvgIpc) is 2.70. The smallest absolute Gasteiger partial charge is 0.132 e. The molecule has 0 unspecified atom stereocenters. The first-order chi connectivity index (χ1) is 9.15. The van der Waals surface area contributed by atoms with Crippen molar-refractivity contribution in [1.29, 1.82) is 0 Å². The monoisotopic (exact) mass is 475 g/mol. The zero-order chi connectivity index (χ0) is 13.4. The van der Waals surface area contributed by atoms with Gasteiger partial charge in [-0.25, -0.2) is 4.98 Å². The molecule has 0 atom stereocenters. The Morgan fingerprint density at radius 3 is 2.74 bits per heavy atom. The molecule has 0 aliphatic carbocycles. The number of fused-ring (bicyclic) bond motifs is 1. The molecule has 0 amide bonds. The van der Waals surface area contributed by atoms with Crippen LogP contribution in [0.15, 0.2) is 36.7 Å². The number of hydrogen-bond donors (Lipinski definition) is 0. The molecule has 3 aromatic rings. The van der Waals surface area contributed by atoms with Crippen molar-refractivity contribution < 1.29 is 0 Å². The molecule has 0 aliphatic rings. The van der Waals surface area contributed by atoms with Crippen LogP contribution in [-0.4, -0.2) is 14.5 Å². The van der Waals surface area contributed by atoms with Gasteiger partial charge in [-0.15, -0.1) is 0 Å². The maximum atomic E-state index is 4.58. The number of hydrogen-bond acceptors (Lipinski definition) is 2. The molecule has 2 aromatic heterocycles. The van der Waals surface area contributed by atoms with E-state index >= 15 is 0 Å². The number of imidazole rings is 1. The predicted molar refractivity (Wildman–Crippen MR) is 93.2 cm³/mol. The van der Waals surface area contributed by atoms with E-state index in [9.17, 15) is 0 Å². The summed E-state index contributed by atoms with van der Waals surface area (Å²) in [5.41, 5.74) is 3.40. The van der Waals surface area contributed by atoms with Crippen LogP contribution in [0.1, 0.15) is 11.3 Å². The Morgan fingerprint density at radius 1 is 1.21 bits per heavy atom. The summed E-state index contributed by atoms with van der Waals surface area (Å²) in [7, 11) is 0. The van der Waals surface area contributed by atoms with Crippen LogP contribution in [0.2, 0.25) is 0 Å². The van der Waals surface area contributed by atoms with Crippen LogP contribution in [0.25, 0.3) is 10.9 Å². The highest BCUT2D eigenvalue weighted by Crippen LogP contribution is 2.21. The van der Waals surface area contributed by atoms with E-state index in [0.717, 1.165) is 21.5 Å². The summed E-state index contributed by atoms with van der Waals surface area (Å²) in [6.45, 7) is 2.87. The van der Waals surface area contributed by atoms with Crippen LogP contribution in [0.4, 0.5) is 0 Å². The molecular weight excluding hydrogens is 464 g/mol. The summed E-state index contributed by atoms with van der Waals surface area (Å²) < 4.78 is 4.40. The number of nitrogens with zero attached hydrogens (tertiary/aromatic N) is 3. The number of halogens is 2. The molecule has 0 spiro atoms. The second-order valence-electron chi connectivity index (χ2n) is 4.39. The summed E-state index contributed by atoms with van der Waals surface area (Å²) in [4.78, 5) is 8.92. The largest absolute Gasteiger partial charge is 0.321 e. The van der Waals surface area contributed by atoms with Crippen LogP contribution in [0.3, 0.4) is 0 Å². The SMILES string of the molecule is Cc1cc(Cn2cnc(I)c2I)c2ccccc2n1. The van der Waals surface area contributed by atoms with Crippen molar-refractivity contribution in [2.45, 2.75) is 13.5 Å². The Kier molecular flexibility index (Phi) is 3.75. The van der Waals surface area contributed by atoms with Crippen molar-refractivity contribution in [1.82, 2.24) is 14.5 Å². The summed E-state index contributed by atoms with van der Waals surface area (Å²) in [5, 5.41) is 1.22. The first-order valence-corrected chi connectivity index (χ1v) is 8.02. The van der Waals surface area contributed by atoms with Crippen LogP contribution >= 0.6 is 45.2 Å². The standard InChI is InChI=1S/C14H11I2N3/c1-9-6-10(7-19-8-17-13(15)14(19)16)11-4-2-3-5-12(11)18-9/h2-6,8H,7H2,1H3. The van der Waals surface area contributed by atoms with Gasteiger partial charge in [0.1, 0.15) is 7.40 Å². The first-order valence-electron chi connectivity index (χ1n) is 5.86. The van der Waals surface area contributed by atoms with Crippen molar-refractivity contribution in [3.8, 4) is 0 Å². The van der Waals surface area contributed by atoms with E-state index in [1.165, 1.54) is 14.7 Å². The van der Waals surface area contributed by atoms with Crippen molar-refractivity contribution in [2.75, 3.05) is 0 Å². The molecule has 2 heterocycles. The molecule has 0 aliphatic heterocycles. The van der Waals surface area contributed by atoms with Gasteiger partial charge in [0.2, 0.25) is 0 Å². The Bertz CT molecular complexity index is 750. The van der Waals surface area contributed by atoms with Crippen molar-refractivity contribution >= 4 is 56.1 Å². The van der Waals surface area contributed by atoms with Crippen molar-refractivity contribution in [2.24, 2.45) is 0 Å². The zero-order valence-electron chi connectivity index (χ0n) is 10.3. The predicted octanol–water partition coefficient (Wildman–Crippen LogP) is 4.00. The van der Waals surface area contributed by atoms with Gasteiger partial charge in [0.25, 0.3) is 0 Å². The molecule has 0 saturated heterocycles. The third-order valence-corrected chi connectivity index (χ3v) is 5.96. The molecule has 0 N–H and O–H groups in total. The van der Waals surface area contributed by atoms with Crippen LogP contribution < -0.4 is 0 Å². The van der Waals surface area contributed by atoms with Gasteiger partial charge in [0.05, 0.1) is 18.4 Å². The highest BCUT2D eigenvalue weighted by Gasteiger charge is 2.08. The Hall–Kier alpha value is -0.700. The summed E-state index contributed by atoms with van der Waals surface area (Å²) >= 11 is 4.60. The van der Waals surface area contributed by atoms with E-state index in [1.54, 1.807) is 0 Å². The topological polar surface area (TPSA) is 30.7 Å². The van der Waals surface area contributed by atoms with E-state index in [1.807, 2.05) is 19.3 Å². The third kappa shape index (κ3) is 2.62. The van der Waals surface area contributed by atoms with Gasteiger partial charge in [-0.1, -0.05) is 18.2 Å². The molecule has 0 radical (unpaired) electrons. The maximum absolute atomic E-state index is 4.58. The minimum absolute atomic E-state index is 0.831. The number of para-hydroxylation sites is 1. The fraction of sp³-hybridized carbons (Fsp3) is 0.143. The third-order valence-electron chi connectivity index (χ3n) is 3.00.